The van der Waals surface area contributed by atoms with Crippen molar-refractivity contribution < 1.29 is 27.4 Å². The van der Waals surface area contributed by atoms with Gasteiger partial charge >= 0.3 is 6.18 Å². The largest absolute Gasteiger partial charge is 0.416 e. The number of hydrogen-bond acceptors (Lipinski definition) is 3. The molecule has 1 aromatic carbocycles. The molecule has 0 spiro atoms. The van der Waals surface area contributed by atoms with Crippen LogP contribution in [0.1, 0.15) is 25.0 Å². The standard InChI is InChI=1S/C16H22F3NO3/c1-4-22-8-9-23-12(2)15(21)20(3)11-13-6-5-7-14(10-13)16(17,18)19/h5-7,10,12H,4,8-9,11H2,1-3H3. The predicted octanol–water partition coefficient (Wildman–Crippen LogP) is 3.11. The number of ether oxygens (including phenoxy) is 2. The van der Waals surface area contributed by atoms with Gasteiger partial charge < -0.3 is 14.4 Å². The normalized spacial score (nSPS) is 13.0. The zero-order chi connectivity index (χ0) is 17.5. The second-order valence-electron chi connectivity index (χ2n) is 5.10. The van der Waals surface area contributed by atoms with Crippen LogP contribution in [0.2, 0.25) is 0 Å². The number of alkyl halides is 3. The maximum Gasteiger partial charge on any atom is 0.416 e. The van der Waals surface area contributed by atoms with Crippen LogP contribution in [-0.4, -0.2) is 43.8 Å². The summed E-state index contributed by atoms with van der Waals surface area (Å²) in [5, 5.41) is 0. The highest BCUT2D eigenvalue weighted by Crippen LogP contribution is 2.29. The lowest BCUT2D eigenvalue weighted by Gasteiger charge is -2.22. The second-order valence-corrected chi connectivity index (χ2v) is 5.10. The van der Waals surface area contributed by atoms with Gasteiger partial charge in [0.2, 0.25) is 0 Å². The first-order chi connectivity index (χ1) is 10.8. The van der Waals surface area contributed by atoms with E-state index in [9.17, 15) is 18.0 Å². The minimum absolute atomic E-state index is 0.0852. The molecule has 1 atom stereocenters. The fourth-order valence-corrected chi connectivity index (χ4v) is 2.01. The Hall–Kier alpha value is -1.60. The average molecular weight is 333 g/mol. The number of halogens is 3. The van der Waals surface area contributed by atoms with Crippen LogP contribution in [0.3, 0.4) is 0 Å². The van der Waals surface area contributed by atoms with Crippen LogP contribution in [0.5, 0.6) is 0 Å². The summed E-state index contributed by atoms with van der Waals surface area (Å²) in [5.41, 5.74) is -0.311. The molecule has 7 heteroatoms. The van der Waals surface area contributed by atoms with Crippen molar-refractivity contribution in [3.8, 4) is 0 Å². The lowest BCUT2D eigenvalue weighted by Crippen LogP contribution is -2.36. The molecule has 1 aromatic rings. The molecule has 0 aliphatic rings. The smallest absolute Gasteiger partial charge is 0.379 e. The summed E-state index contributed by atoms with van der Waals surface area (Å²) in [6.45, 7) is 4.81. The molecular formula is C16H22F3NO3. The van der Waals surface area contributed by atoms with Crippen LogP contribution < -0.4 is 0 Å². The monoisotopic (exact) mass is 333 g/mol. The summed E-state index contributed by atoms with van der Waals surface area (Å²) < 4.78 is 48.5. The van der Waals surface area contributed by atoms with Gasteiger partial charge in [0.25, 0.3) is 5.91 Å². The molecule has 0 bridgehead atoms. The lowest BCUT2D eigenvalue weighted by molar-refractivity contribution is -0.142. The number of rotatable bonds is 8. The summed E-state index contributed by atoms with van der Waals surface area (Å²) >= 11 is 0. The Balaban J connectivity index is 2.58. The fourth-order valence-electron chi connectivity index (χ4n) is 2.01. The van der Waals surface area contributed by atoms with Crippen molar-refractivity contribution in [3.05, 3.63) is 35.4 Å². The minimum Gasteiger partial charge on any atom is -0.379 e. The van der Waals surface area contributed by atoms with Gasteiger partial charge in [0.15, 0.2) is 0 Å². The lowest BCUT2D eigenvalue weighted by atomic mass is 10.1. The molecule has 0 saturated carbocycles. The van der Waals surface area contributed by atoms with Crippen molar-refractivity contribution in [1.29, 1.82) is 0 Å². The van der Waals surface area contributed by atoms with E-state index in [1.54, 1.807) is 13.0 Å². The first kappa shape index (κ1) is 19.4. The molecule has 0 aliphatic carbocycles. The summed E-state index contributed by atoms with van der Waals surface area (Å²) in [6.07, 6.45) is -5.07. The van der Waals surface area contributed by atoms with Gasteiger partial charge in [-0.15, -0.1) is 0 Å². The molecule has 0 fully saturated rings. The Morgan fingerprint density at radius 3 is 2.61 bits per heavy atom. The van der Waals surface area contributed by atoms with Crippen LogP contribution in [0.4, 0.5) is 13.2 Å². The third-order valence-corrected chi connectivity index (χ3v) is 3.20. The number of benzene rings is 1. The number of carbonyl (C=O) groups excluding carboxylic acids is 1. The van der Waals surface area contributed by atoms with Crippen LogP contribution >= 0.6 is 0 Å². The zero-order valence-corrected chi connectivity index (χ0v) is 13.5. The van der Waals surface area contributed by atoms with Crippen molar-refractivity contribution in [3.63, 3.8) is 0 Å². The van der Waals surface area contributed by atoms with Gasteiger partial charge in [-0.1, -0.05) is 12.1 Å². The SMILES string of the molecule is CCOCCOC(C)C(=O)N(C)Cc1cccc(C(F)(F)F)c1. The Morgan fingerprint density at radius 2 is 2.00 bits per heavy atom. The van der Waals surface area contributed by atoms with E-state index in [4.69, 9.17) is 9.47 Å². The molecule has 0 saturated heterocycles. The molecule has 0 aliphatic heterocycles. The quantitative estimate of drug-likeness (QED) is 0.686. The van der Waals surface area contributed by atoms with E-state index in [1.807, 2.05) is 6.92 Å². The number of hydrogen-bond donors (Lipinski definition) is 0. The van der Waals surface area contributed by atoms with Crippen molar-refractivity contribution in [1.82, 2.24) is 4.90 Å². The van der Waals surface area contributed by atoms with Crippen molar-refractivity contribution >= 4 is 5.91 Å². The highest BCUT2D eigenvalue weighted by Gasteiger charge is 2.30. The first-order valence-electron chi connectivity index (χ1n) is 7.36. The van der Waals surface area contributed by atoms with Crippen LogP contribution in [0.15, 0.2) is 24.3 Å². The molecule has 1 rings (SSSR count). The highest BCUT2D eigenvalue weighted by molar-refractivity contribution is 5.80. The average Bonchev–Trinajstić information content (AvgIpc) is 2.50. The Labute approximate surface area is 134 Å². The highest BCUT2D eigenvalue weighted by atomic mass is 19.4. The van der Waals surface area contributed by atoms with Crippen LogP contribution in [-0.2, 0) is 27.0 Å². The third kappa shape index (κ3) is 6.58. The first-order valence-corrected chi connectivity index (χ1v) is 7.36. The van der Waals surface area contributed by atoms with E-state index in [1.165, 1.54) is 18.0 Å². The van der Waals surface area contributed by atoms with Gasteiger partial charge in [-0.3, -0.25) is 4.79 Å². The molecule has 0 heterocycles. The van der Waals surface area contributed by atoms with E-state index in [-0.39, 0.29) is 19.1 Å². The topological polar surface area (TPSA) is 38.8 Å². The van der Waals surface area contributed by atoms with E-state index in [2.05, 4.69) is 0 Å². The van der Waals surface area contributed by atoms with Crippen LogP contribution in [0, 0.1) is 0 Å². The van der Waals surface area contributed by atoms with Gasteiger partial charge in [-0.05, 0) is 31.5 Å². The number of likely N-dealkylation sites (N-methyl/N-ethyl adjacent to an activating group) is 1. The van der Waals surface area contributed by atoms with Crippen molar-refractivity contribution in [2.45, 2.75) is 32.7 Å². The fraction of sp³-hybridized carbons (Fsp3) is 0.562. The molecular weight excluding hydrogens is 311 g/mol. The summed E-state index contributed by atoms with van der Waals surface area (Å²) in [4.78, 5) is 13.5. The van der Waals surface area contributed by atoms with Gasteiger partial charge in [-0.2, -0.15) is 13.2 Å². The molecule has 0 aromatic heterocycles. The van der Waals surface area contributed by atoms with Crippen molar-refractivity contribution in [2.75, 3.05) is 26.9 Å². The summed E-state index contributed by atoms with van der Waals surface area (Å²) in [5.74, 6) is -0.293. The molecule has 0 radical (unpaired) electrons. The minimum atomic E-state index is -4.39. The van der Waals surface area contributed by atoms with Gasteiger partial charge in [0.05, 0.1) is 18.8 Å². The Kier molecular flexibility index (Phi) is 7.51. The molecule has 23 heavy (non-hydrogen) atoms. The predicted molar refractivity (Wildman–Crippen MR) is 79.8 cm³/mol. The maximum atomic E-state index is 12.7. The second kappa shape index (κ2) is 8.88. The van der Waals surface area contributed by atoms with Gasteiger partial charge in [0.1, 0.15) is 6.10 Å². The Morgan fingerprint density at radius 1 is 1.30 bits per heavy atom. The third-order valence-electron chi connectivity index (χ3n) is 3.20. The molecule has 0 N–H and O–H groups in total. The van der Waals surface area contributed by atoms with E-state index in [0.717, 1.165) is 12.1 Å². The van der Waals surface area contributed by atoms with E-state index >= 15 is 0 Å². The zero-order valence-electron chi connectivity index (χ0n) is 13.5. The molecule has 1 unspecified atom stereocenters. The molecule has 130 valence electrons. The van der Waals surface area contributed by atoms with Gasteiger partial charge in [0, 0.05) is 20.2 Å². The number of carbonyl (C=O) groups is 1. The number of nitrogens with zero attached hydrogens (tertiary/aromatic N) is 1. The number of amides is 1. The molecule has 1 amide bonds. The van der Waals surface area contributed by atoms with E-state index in [0.29, 0.717) is 18.8 Å². The van der Waals surface area contributed by atoms with Gasteiger partial charge in [-0.25, -0.2) is 0 Å². The Bertz CT molecular complexity index is 506. The molecule has 4 nitrogen and oxygen atoms in total. The maximum absolute atomic E-state index is 12.7. The van der Waals surface area contributed by atoms with Crippen molar-refractivity contribution in [2.24, 2.45) is 0 Å². The van der Waals surface area contributed by atoms with Crippen LogP contribution in [0.25, 0.3) is 0 Å². The summed E-state index contributed by atoms with van der Waals surface area (Å²) in [7, 11) is 1.53. The van der Waals surface area contributed by atoms with E-state index < -0.39 is 17.8 Å². The summed E-state index contributed by atoms with van der Waals surface area (Å²) in [6, 6.07) is 4.94.